The number of benzene rings is 2. The Labute approximate surface area is 149 Å². The van der Waals surface area contributed by atoms with Crippen LogP contribution < -0.4 is 10.2 Å². The molecule has 3 rings (SSSR count). The van der Waals surface area contributed by atoms with Crippen molar-refractivity contribution in [2.45, 2.75) is 19.3 Å². The van der Waals surface area contributed by atoms with Crippen molar-refractivity contribution in [2.24, 2.45) is 0 Å². The molecule has 25 heavy (non-hydrogen) atoms. The number of fused-ring (bicyclic) bond motifs is 2. The molecule has 0 aromatic heterocycles. The van der Waals surface area contributed by atoms with Gasteiger partial charge in [0.05, 0.1) is 0 Å². The highest BCUT2D eigenvalue weighted by Crippen LogP contribution is 2.35. The van der Waals surface area contributed by atoms with E-state index >= 15 is 0 Å². The predicted molar refractivity (Wildman–Crippen MR) is 100 cm³/mol. The zero-order chi connectivity index (χ0) is 18.3. The van der Waals surface area contributed by atoms with Gasteiger partial charge in [-0.3, -0.25) is 9.11 Å². The molecule has 0 saturated heterocycles. The minimum Gasteiger partial charge on any atom is -0.341 e. The third kappa shape index (κ3) is 6.13. The first-order valence-electron chi connectivity index (χ1n) is 8.18. The smallest absolute Gasteiger partial charge is 0.341 e. The lowest BCUT2D eigenvalue weighted by Crippen LogP contribution is -2.22. The topological polar surface area (TPSA) is 89.9 Å². The first-order valence-corrected chi connectivity index (χ1v) is 9.57. The van der Waals surface area contributed by atoms with Crippen molar-refractivity contribution in [3.8, 4) is 0 Å². The fourth-order valence-corrected chi connectivity index (χ4v) is 3.03. The summed E-state index contributed by atoms with van der Waals surface area (Å²) in [6, 6.07) is 17.7. The van der Waals surface area contributed by atoms with E-state index in [1.165, 1.54) is 22.5 Å². The minimum atomic E-state index is -4.67. The Morgan fingerprint density at radius 3 is 1.84 bits per heavy atom. The third-order valence-electron chi connectivity index (χ3n) is 4.04. The monoisotopic (exact) mass is 364 g/mol. The van der Waals surface area contributed by atoms with Gasteiger partial charge in [0.2, 0.25) is 0 Å². The van der Waals surface area contributed by atoms with Crippen LogP contribution in [0.4, 0.5) is 11.4 Å². The van der Waals surface area contributed by atoms with Crippen molar-refractivity contribution >= 4 is 21.8 Å². The van der Waals surface area contributed by atoms with Crippen molar-refractivity contribution in [3.05, 3.63) is 59.7 Å². The lowest BCUT2D eigenvalue weighted by atomic mass is 10.0. The Hall–Kier alpha value is -1.93. The van der Waals surface area contributed by atoms with E-state index in [1.807, 2.05) is 7.05 Å². The van der Waals surface area contributed by atoms with Crippen LogP contribution in [0, 0.1) is 0 Å². The van der Waals surface area contributed by atoms with Crippen LogP contribution in [0.1, 0.15) is 17.5 Å². The van der Waals surface area contributed by atoms with Crippen molar-refractivity contribution in [1.29, 1.82) is 0 Å². The Morgan fingerprint density at radius 2 is 1.40 bits per heavy atom. The van der Waals surface area contributed by atoms with E-state index in [1.54, 1.807) is 0 Å². The van der Waals surface area contributed by atoms with Gasteiger partial charge < -0.3 is 10.2 Å². The second kappa shape index (κ2) is 8.96. The molecule has 0 radical (unpaired) electrons. The normalized spacial score (nSPS) is 13.2. The van der Waals surface area contributed by atoms with E-state index in [9.17, 15) is 0 Å². The average Bonchev–Trinajstić information content (AvgIpc) is 2.71. The van der Waals surface area contributed by atoms with Gasteiger partial charge >= 0.3 is 10.4 Å². The molecule has 7 heteroatoms. The molecule has 1 aliphatic rings. The number of hydrogen-bond donors (Lipinski definition) is 3. The molecule has 0 saturated carbocycles. The lowest BCUT2D eigenvalue weighted by Gasteiger charge is -2.27. The van der Waals surface area contributed by atoms with Gasteiger partial charge in [-0.1, -0.05) is 36.4 Å². The highest BCUT2D eigenvalue weighted by molar-refractivity contribution is 7.79. The summed E-state index contributed by atoms with van der Waals surface area (Å²) >= 11 is 0. The van der Waals surface area contributed by atoms with E-state index in [-0.39, 0.29) is 0 Å². The molecule has 136 valence electrons. The van der Waals surface area contributed by atoms with Crippen molar-refractivity contribution < 1.29 is 17.5 Å². The largest absolute Gasteiger partial charge is 0.394 e. The fourth-order valence-electron chi connectivity index (χ4n) is 3.03. The number of nitrogens with zero attached hydrogens (tertiary/aromatic N) is 1. The Morgan fingerprint density at radius 1 is 0.960 bits per heavy atom. The van der Waals surface area contributed by atoms with Gasteiger partial charge in [0, 0.05) is 17.9 Å². The van der Waals surface area contributed by atoms with Gasteiger partial charge in [-0.25, -0.2) is 0 Å². The third-order valence-corrected chi connectivity index (χ3v) is 4.04. The molecule has 0 bridgehead atoms. The summed E-state index contributed by atoms with van der Waals surface area (Å²) in [5.74, 6) is 0. The van der Waals surface area contributed by atoms with Crippen LogP contribution >= 0.6 is 0 Å². The van der Waals surface area contributed by atoms with E-state index in [2.05, 4.69) is 58.7 Å². The van der Waals surface area contributed by atoms with Gasteiger partial charge in [0.1, 0.15) is 0 Å². The summed E-state index contributed by atoms with van der Waals surface area (Å²) in [5.41, 5.74) is 5.70. The predicted octanol–water partition coefficient (Wildman–Crippen LogP) is 2.88. The van der Waals surface area contributed by atoms with Gasteiger partial charge in [-0.2, -0.15) is 8.42 Å². The van der Waals surface area contributed by atoms with Gasteiger partial charge in [0.15, 0.2) is 0 Å². The van der Waals surface area contributed by atoms with Crippen LogP contribution in [0.3, 0.4) is 0 Å². The first-order chi connectivity index (χ1) is 11.9. The Kier molecular flexibility index (Phi) is 6.95. The van der Waals surface area contributed by atoms with Crippen molar-refractivity contribution in [1.82, 2.24) is 5.32 Å². The van der Waals surface area contributed by atoms with Crippen LogP contribution in [-0.2, 0) is 23.2 Å². The maximum atomic E-state index is 8.74. The zero-order valence-corrected chi connectivity index (χ0v) is 15.0. The molecule has 0 amide bonds. The number of nitrogens with one attached hydrogen (secondary N) is 1. The molecule has 0 aliphatic carbocycles. The summed E-state index contributed by atoms with van der Waals surface area (Å²) in [6.45, 7) is 2.12. The molecule has 0 atom stereocenters. The molecule has 2 aromatic carbocycles. The van der Waals surface area contributed by atoms with Gasteiger partial charge in [0.25, 0.3) is 0 Å². The molecule has 6 nitrogen and oxygen atoms in total. The summed E-state index contributed by atoms with van der Waals surface area (Å²) in [4.78, 5) is 2.50. The molecule has 3 N–H and O–H groups in total. The van der Waals surface area contributed by atoms with E-state index < -0.39 is 10.4 Å². The Balaban J connectivity index is 0.000000399. The SMILES string of the molecule is CNCCCN1c2ccccc2CCc2ccccc21.O=S(=O)(O)O. The fraction of sp³-hybridized carbons (Fsp3) is 0.333. The van der Waals surface area contributed by atoms with Crippen LogP contribution in [-0.4, -0.2) is 37.7 Å². The molecular weight excluding hydrogens is 340 g/mol. The molecule has 0 spiro atoms. The molecule has 1 aliphatic heterocycles. The van der Waals surface area contributed by atoms with Gasteiger partial charge in [-0.15, -0.1) is 0 Å². The highest BCUT2D eigenvalue weighted by Gasteiger charge is 2.19. The van der Waals surface area contributed by atoms with Crippen molar-refractivity contribution in [3.63, 3.8) is 0 Å². The van der Waals surface area contributed by atoms with E-state index in [0.29, 0.717) is 0 Å². The lowest BCUT2D eigenvalue weighted by molar-refractivity contribution is 0.381. The van der Waals surface area contributed by atoms with Crippen LogP contribution in [0.2, 0.25) is 0 Å². The van der Waals surface area contributed by atoms with Crippen molar-refractivity contribution in [2.75, 3.05) is 25.0 Å². The zero-order valence-electron chi connectivity index (χ0n) is 14.2. The average molecular weight is 364 g/mol. The maximum Gasteiger partial charge on any atom is 0.394 e. The maximum absolute atomic E-state index is 8.74. The number of para-hydroxylation sites is 2. The van der Waals surface area contributed by atoms with E-state index in [4.69, 9.17) is 17.5 Å². The molecule has 0 unspecified atom stereocenters. The van der Waals surface area contributed by atoms with Crippen LogP contribution in [0.15, 0.2) is 48.5 Å². The summed E-state index contributed by atoms with van der Waals surface area (Å²) in [7, 11) is -2.65. The number of rotatable bonds is 4. The summed E-state index contributed by atoms with van der Waals surface area (Å²) in [6.07, 6.45) is 3.42. The van der Waals surface area contributed by atoms with Gasteiger partial charge in [-0.05, 0) is 56.1 Å². The number of anilines is 2. The summed E-state index contributed by atoms with van der Waals surface area (Å²) < 4.78 is 31.6. The number of aryl methyl sites for hydroxylation is 2. The second-order valence-electron chi connectivity index (χ2n) is 5.81. The molecule has 2 aromatic rings. The first kappa shape index (κ1) is 19.4. The number of hydrogen-bond acceptors (Lipinski definition) is 4. The molecule has 1 heterocycles. The second-order valence-corrected chi connectivity index (χ2v) is 6.71. The highest BCUT2D eigenvalue weighted by atomic mass is 32.3. The molecular formula is C18H24N2O4S. The van der Waals surface area contributed by atoms with E-state index in [0.717, 1.165) is 32.4 Å². The van der Waals surface area contributed by atoms with Crippen LogP contribution in [0.5, 0.6) is 0 Å². The quantitative estimate of drug-likeness (QED) is 0.571. The minimum absolute atomic E-state index is 1.06. The summed E-state index contributed by atoms with van der Waals surface area (Å²) in [5, 5.41) is 3.24. The standard InChI is InChI=1S/C18H22N2.H2O4S/c1-19-13-6-14-20-17-9-4-2-7-15(17)11-12-16-8-3-5-10-18(16)20;1-5(2,3)4/h2-5,7-10,19H,6,11-14H2,1H3;(H2,1,2,3,4). The van der Waals surface area contributed by atoms with Crippen LogP contribution in [0.25, 0.3) is 0 Å². The Bertz CT molecular complexity index is 738. The molecule has 0 fully saturated rings.